The Balaban J connectivity index is 0.000000405. The number of rotatable bonds is 2. The second kappa shape index (κ2) is 7.98. The van der Waals surface area contributed by atoms with E-state index in [1.807, 2.05) is 0 Å². The molecule has 1 heterocycles. The third-order valence-corrected chi connectivity index (χ3v) is 1.71. The summed E-state index contributed by atoms with van der Waals surface area (Å²) in [6.45, 7) is 0. The molecule has 8 heteroatoms. The molecule has 0 saturated carbocycles. The maximum atomic E-state index is 10.3. The fourth-order valence-corrected chi connectivity index (χ4v) is 0.922. The number of hydrogen-bond donors (Lipinski definition) is 3. The van der Waals surface area contributed by atoms with E-state index in [2.05, 4.69) is 15.4 Å². The summed E-state index contributed by atoms with van der Waals surface area (Å²) in [7, 11) is 0. The number of H-pyrrole nitrogens is 1. The molecule has 0 saturated heterocycles. The van der Waals surface area contributed by atoms with E-state index in [1.54, 1.807) is 12.4 Å². The molecule has 0 aliphatic heterocycles. The summed E-state index contributed by atoms with van der Waals surface area (Å²) in [6.07, 6.45) is 3.17. The van der Waals surface area contributed by atoms with E-state index in [-0.39, 0.29) is 27.9 Å². The van der Waals surface area contributed by atoms with E-state index in [4.69, 9.17) is 10.2 Å². The number of carboxylic acids is 2. The number of carbonyl (C=O) groups is 2. The zero-order valence-corrected chi connectivity index (χ0v) is 9.94. The summed E-state index contributed by atoms with van der Waals surface area (Å²) in [5.41, 5.74) is 0.167. The van der Waals surface area contributed by atoms with Crippen LogP contribution in [0.1, 0.15) is 20.7 Å². The minimum Gasteiger partial charge on any atom is -0.478 e. The van der Waals surface area contributed by atoms with Crippen LogP contribution in [0.15, 0.2) is 36.7 Å². The first-order valence-electron chi connectivity index (χ1n) is 4.47. The van der Waals surface area contributed by atoms with E-state index in [1.165, 1.54) is 24.3 Å². The molecule has 1 aromatic carbocycles. The van der Waals surface area contributed by atoms with Crippen LogP contribution in [-0.2, 0) is 16.8 Å². The van der Waals surface area contributed by atoms with Crippen molar-refractivity contribution in [3.63, 3.8) is 0 Å². The van der Waals surface area contributed by atoms with Crippen molar-refractivity contribution in [1.29, 1.82) is 0 Å². The molecule has 97 valence electrons. The minimum absolute atomic E-state index is 0. The largest absolute Gasteiger partial charge is 0.478 e. The minimum atomic E-state index is -1.06. The Morgan fingerprint density at radius 3 is 1.39 bits per heavy atom. The van der Waals surface area contributed by atoms with Crippen molar-refractivity contribution in [2.45, 2.75) is 0 Å². The van der Waals surface area contributed by atoms with Crippen LogP contribution in [0.3, 0.4) is 0 Å². The maximum Gasteiger partial charge on any atom is 0.335 e. The SMILES string of the molecule is O=C(O)c1ccc(C(=O)O)cc1.[Co].c1cn[nH]n1. The van der Waals surface area contributed by atoms with Crippen LogP contribution in [-0.4, -0.2) is 37.6 Å². The summed E-state index contributed by atoms with van der Waals surface area (Å²) < 4.78 is 0. The van der Waals surface area contributed by atoms with Crippen LogP contribution in [0.5, 0.6) is 0 Å². The fraction of sp³-hybridized carbons (Fsp3) is 0. The second-order valence-electron chi connectivity index (χ2n) is 2.84. The Labute approximate surface area is 112 Å². The van der Waals surface area contributed by atoms with Crippen LogP contribution in [0, 0.1) is 0 Å². The van der Waals surface area contributed by atoms with Crippen LogP contribution in [0.2, 0.25) is 0 Å². The van der Waals surface area contributed by atoms with Crippen molar-refractivity contribution in [2.75, 3.05) is 0 Å². The normalized spacial score (nSPS) is 8.44. The Morgan fingerprint density at radius 1 is 0.889 bits per heavy atom. The predicted octanol–water partition coefficient (Wildman–Crippen LogP) is 0.885. The average molecular weight is 294 g/mol. The molecule has 3 N–H and O–H groups in total. The summed E-state index contributed by atoms with van der Waals surface area (Å²) in [6, 6.07) is 5.02. The molecule has 2 aromatic rings. The number of carboxylic acid groups (broad SMARTS) is 2. The molecule has 1 aromatic heterocycles. The molecule has 18 heavy (non-hydrogen) atoms. The van der Waals surface area contributed by atoms with Gasteiger partial charge in [-0.05, 0) is 24.3 Å². The van der Waals surface area contributed by atoms with Gasteiger partial charge in [-0.15, -0.1) is 0 Å². The van der Waals surface area contributed by atoms with E-state index in [9.17, 15) is 9.59 Å². The molecular weight excluding hydrogens is 285 g/mol. The van der Waals surface area contributed by atoms with Crippen molar-refractivity contribution >= 4 is 11.9 Å². The first kappa shape index (κ1) is 15.8. The number of aromatic nitrogens is 3. The molecule has 0 bridgehead atoms. The molecule has 1 radical (unpaired) electrons. The summed E-state index contributed by atoms with van der Waals surface area (Å²) >= 11 is 0. The van der Waals surface area contributed by atoms with Crippen LogP contribution < -0.4 is 0 Å². The fourth-order valence-electron chi connectivity index (χ4n) is 0.922. The monoisotopic (exact) mass is 294 g/mol. The first-order valence-corrected chi connectivity index (χ1v) is 4.47. The molecule has 0 unspecified atom stereocenters. The van der Waals surface area contributed by atoms with E-state index < -0.39 is 11.9 Å². The Bertz CT molecular complexity index is 434. The number of nitrogens with one attached hydrogen (secondary N) is 1. The standard InChI is InChI=1S/C8H6O4.C2H3N3.Co/c9-7(10)5-1-2-6(4-3-5)8(11)12;1-2-4-5-3-1;/h1-4H,(H,9,10)(H,11,12);1-2H,(H,3,4,5);. The molecule has 0 fully saturated rings. The Hall–Kier alpha value is -2.19. The number of nitrogens with zero attached hydrogens (tertiary/aromatic N) is 2. The average Bonchev–Trinajstić information content (AvgIpc) is 2.87. The quantitative estimate of drug-likeness (QED) is 0.757. The van der Waals surface area contributed by atoms with E-state index in [0.717, 1.165) is 0 Å². The van der Waals surface area contributed by atoms with Gasteiger partial charge in [0.15, 0.2) is 0 Å². The number of aromatic carboxylic acids is 2. The van der Waals surface area contributed by atoms with Gasteiger partial charge >= 0.3 is 11.9 Å². The molecule has 0 atom stereocenters. The van der Waals surface area contributed by atoms with Gasteiger partial charge in [0.25, 0.3) is 0 Å². The van der Waals surface area contributed by atoms with Gasteiger partial charge in [-0.25, -0.2) is 9.59 Å². The topological polar surface area (TPSA) is 116 Å². The van der Waals surface area contributed by atoms with Crippen LogP contribution in [0.4, 0.5) is 0 Å². The molecule has 0 amide bonds. The third-order valence-electron chi connectivity index (χ3n) is 1.71. The van der Waals surface area contributed by atoms with Gasteiger partial charge in [0.2, 0.25) is 0 Å². The summed E-state index contributed by atoms with van der Waals surface area (Å²) in [4.78, 5) is 20.7. The summed E-state index contributed by atoms with van der Waals surface area (Å²) in [5, 5.41) is 26.3. The molecule has 0 aliphatic rings. The van der Waals surface area contributed by atoms with Gasteiger partial charge < -0.3 is 10.2 Å². The van der Waals surface area contributed by atoms with Crippen molar-refractivity contribution in [2.24, 2.45) is 0 Å². The van der Waals surface area contributed by atoms with Gasteiger partial charge in [0.05, 0.1) is 23.5 Å². The summed E-state index contributed by atoms with van der Waals surface area (Å²) in [5.74, 6) is -2.13. The first-order chi connectivity index (χ1) is 8.11. The van der Waals surface area contributed by atoms with E-state index >= 15 is 0 Å². The number of hydrogen-bond acceptors (Lipinski definition) is 4. The maximum absolute atomic E-state index is 10.3. The van der Waals surface area contributed by atoms with Crippen LogP contribution in [0.25, 0.3) is 0 Å². The molecular formula is C10H9CoN3O4. The van der Waals surface area contributed by atoms with Gasteiger partial charge in [0, 0.05) is 16.8 Å². The van der Waals surface area contributed by atoms with Crippen molar-refractivity contribution < 1.29 is 36.6 Å². The van der Waals surface area contributed by atoms with E-state index in [0.29, 0.717) is 0 Å². The van der Waals surface area contributed by atoms with Gasteiger partial charge in [0.1, 0.15) is 0 Å². The number of aromatic amines is 1. The molecule has 0 spiro atoms. The second-order valence-corrected chi connectivity index (χ2v) is 2.84. The Morgan fingerprint density at radius 2 is 1.22 bits per heavy atom. The zero-order chi connectivity index (χ0) is 12.7. The van der Waals surface area contributed by atoms with Gasteiger partial charge in [-0.1, -0.05) is 0 Å². The smallest absolute Gasteiger partial charge is 0.335 e. The molecule has 0 aliphatic carbocycles. The van der Waals surface area contributed by atoms with Crippen LogP contribution >= 0.6 is 0 Å². The van der Waals surface area contributed by atoms with Gasteiger partial charge in [-0.3, -0.25) is 0 Å². The van der Waals surface area contributed by atoms with Crippen molar-refractivity contribution in [3.8, 4) is 0 Å². The zero-order valence-electron chi connectivity index (χ0n) is 8.90. The molecule has 2 rings (SSSR count). The number of benzene rings is 1. The molecule has 7 nitrogen and oxygen atoms in total. The van der Waals surface area contributed by atoms with Crippen molar-refractivity contribution in [1.82, 2.24) is 15.4 Å². The predicted molar refractivity (Wildman–Crippen MR) is 56.7 cm³/mol. The van der Waals surface area contributed by atoms with Crippen molar-refractivity contribution in [3.05, 3.63) is 47.8 Å². The van der Waals surface area contributed by atoms with Gasteiger partial charge in [-0.2, -0.15) is 15.4 Å². The third kappa shape index (κ3) is 5.23. The Kier molecular flexibility index (Phi) is 7.01.